The summed E-state index contributed by atoms with van der Waals surface area (Å²) in [6.07, 6.45) is 0. The molecule has 2 N–H and O–H groups in total. The minimum atomic E-state index is -0.107. The first-order valence-corrected chi connectivity index (χ1v) is 9.24. The van der Waals surface area contributed by atoms with Crippen molar-refractivity contribution in [3.63, 3.8) is 0 Å². The molecule has 0 aliphatic rings. The number of hydrogen-bond acceptors (Lipinski definition) is 5. The Bertz CT molecular complexity index is 1040. The third-order valence-electron chi connectivity index (χ3n) is 3.68. The van der Waals surface area contributed by atoms with Gasteiger partial charge in [0.05, 0.1) is 16.3 Å². The number of thiophene rings is 2. The van der Waals surface area contributed by atoms with Crippen LogP contribution in [0.25, 0.3) is 20.8 Å². The fraction of sp³-hybridized carbons (Fsp3) is 0. The van der Waals surface area contributed by atoms with E-state index >= 15 is 0 Å². The van der Waals surface area contributed by atoms with Crippen LogP contribution in [0.4, 0.5) is 5.69 Å². The average molecular weight is 371 g/mol. The standard InChI is InChI=1S/C18H11ClN2OS2/c19-11-5-3-10(4-6-11)16(22)17-15(20)12-7-8-13(21-18(12)24-17)14-2-1-9-23-14/h1-9H,20H2. The van der Waals surface area contributed by atoms with Crippen molar-refractivity contribution in [2.45, 2.75) is 0 Å². The molecule has 0 saturated carbocycles. The molecule has 0 radical (unpaired) electrons. The minimum absolute atomic E-state index is 0.107. The number of rotatable bonds is 3. The number of hydrogen-bond donors (Lipinski definition) is 1. The largest absolute Gasteiger partial charge is 0.397 e. The summed E-state index contributed by atoms with van der Waals surface area (Å²) in [4.78, 5) is 19.8. The van der Waals surface area contributed by atoms with Crippen LogP contribution in [0.3, 0.4) is 0 Å². The zero-order chi connectivity index (χ0) is 16.7. The highest BCUT2D eigenvalue weighted by Crippen LogP contribution is 2.36. The molecule has 4 rings (SSSR count). The lowest BCUT2D eigenvalue weighted by molar-refractivity contribution is 0.104. The Kier molecular flexibility index (Phi) is 3.84. The Labute approximate surface area is 151 Å². The summed E-state index contributed by atoms with van der Waals surface area (Å²) in [6, 6.07) is 14.7. The molecule has 3 heterocycles. The number of anilines is 1. The van der Waals surface area contributed by atoms with Crippen molar-refractivity contribution in [2.24, 2.45) is 0 Å². The van der Waals surface area contributed by atoms with Gasteiger partial charge in [-0.2, -0.15) is 0 Å². The molecule has 0 atom stereocenters. The molecule has 6 heteroatoms. The number of benzene rings is 1. The number of carbonyl (C=O) groups is 1. The van der Waals surface area contributed by atoms with Gasteiger partial charge >= 0.3 is 0 Å². The molecule has 4 aromatic rings. The van der Waals surface area contributed by atoms with E-state index in [0.717, 1.165) is 20.8 Å². The van der Waals surface area contributed by atoms with Gasteiger partial charge in [0.1, 0.15) is 9.71 Å². The number of ketones is 1. The van der Waals surface area contributed by atoms with Crippen molar-refractivity contribution < 1.29 is 4.79 Å². The third kappa shape index (κ3) is 2.60. The number of nitrogens with two attached hydrogens (primary N) is 1. The topological polar surface area (TPSA) is 56.0 Å². The highest BCUT2D eigenvalue weighted by molar-refractivity contribution is 7.21. The van der Waals surface area contributed by atoms with Gasteiger partial charge in [0, 0.05) is 16.0 Å². The Morgan fingerprint density at radius 1 is 1.08 bits per heavy atom. The van der Waals surface area contributed by atoms with Gasteiger partial charge in [-0.1, -0.05) is 17.7 Å². The van der Waals surface area contributed by atoms with Gasteiger partial charge in [-0.3, -0.25) is 4.79 Å². The summed E-state index contributed by atoms with van der Waals surface area (Å²) < 4.78 is 0. The van der Waals surface area contributed by atoms with E-state index in [1.807, 2.05) is 29.6 Å². The molecular formula is C18H11ClN2OS2. The lowest BCUT2D eigenvalue weighted by atomic mass is 10.1. The second kappa shape index (κ2) is 6.02. The molecule has 3 aromatic heterocycles. The molecule has 1 aromatic carbocycles. The molecule has 0 amide bonds. The maximum Gasteiger partial charge on any atom is 0.205 e. The van der Waals surface area contributed by atoms with E-state index in [2.05, 4.69) is 4.98 Å². The molecule has 0 fully saturated rings. The van der Waals surface area contributed by atoms with Crippen LogP contribution in [0, 0.1) is 0 Å². The molecule has 24 heavy (non-hydrogen) atoms. The van der Waals surface area contributed by atoms with Gasteiger partial charge in [-0.15, -0.1) is 22.7 Å². The van der Waals surface area contributed by atoms with E-state index in [9.17, 15) is 4.79 Å². The van der Waals surface area contributed by atoms with Gasteiger partial charge in [-0.05, 0) is 47.8 Å². The van der Waals surface area contributed by atoms with Crippen molar-refractivity contribution in [3.8, 4) is 10.6 Å². The average Bonchev–Trinajstić information content (AvgIpc) is 3.23. The number of nitrogen functional groups attached to an aromatic ring is 1. The smallest absolute Gasteiger partial charge is 0.205 e. The molecule has 118 valence electrons. The first kappa shape index (κ1) is 15.3. The van der Waals surface area contributed by atoms with Crippen molar-refractivity contribution in [1.82, 2.24) is 4.98 Å². The molecule has 0 aliphatic heterocycles. The van der Waals surface area contributed by atoms with Crippen LogP contribution in [0.1, 0.15) is 15.2 Å². The Morgan fingerprint density at radius 2 is 1.88 bits per heavy atom. The summed E-state index contributed by atoms with van der Waals surface area (Å²) in [6.45, 7) is 0. The summed E-state index contributed by atoms with van der Waals surface area (Å²) in [7, 11) is 0. The summed E-state index contributed by atoms with van der Waals surface area (Å²) in [5.41, 5.74) is 8.15. The second-order valence-electron chi connectivity index (χ2n) is 5.21. The van der Waals surface area contributed by atoms with Crippen LogP contribution >= 0.6 is 34.3 Å². The normalized spacial score (nSPS) is 11.0. The van der Waals surface area contributed by atoms with Gasteiger partial charge in [-0.25, -0.2) is 4.98 Å². The van der Waals surface area contributed by atoms with Crippen LogP contribution in [0.5, 0.6) is 0 Å². The van der Waals surface area contributed by atoms with Gasteiger partial charge in [0.25, 0.3) is 0 Å². The maximum absolute atomic E-state index is 12.7. The van der Waals surface area contributed by atoms with E-state index in [0.29, 0.717) is 21.2 Å². The highest BCUT2D eigenvalue weighted by atomic mass is 35.5. The SMILES string of the molecule is Nc1c(C(=O)c2ccc(Cl)cc2)sc2nc(-c3cccs3)ccc12. The lowest BCUT2D eigenvalue weighted by Gasteiger charge is -2.00. The lowest BCUT2D eigenvalue weighted by Crippen LogP contribution is -2.01. The van der Waals surface area contributed by atoms with E-state index in [-0.39, 0.29) is 5.78 Å². The Hall–Kier alpha value is -2.21. The van der Waals surface area contributed by atoms with Gasteiger partial charge in [0.2, 0.25) is 5.78 Å². The quantitative estimate of drug-likeness (QED) is 0.485. The van der Waals surface area contributed by atoms with Crippen molar-refractivity contribution >= 4 is 56.0 Å². The van der Waals surface area contributed by atoms with Gasteiger partial charge in [0.15, 0.2) is 0 Å². The zero-order valence-electron chi connectivity index (χ0n) is 12.3. The fourth-order valence-electron chi connectivity index (χ4n) is 2.46. The van der Waals surface area contributed by atoms with Gasteiger partial charge < -0.3 is 5.73 Å². The minimum Gasteiger partial charge on any atom is -0.397 e. The van der Waals surface area contributed by atoms with Crippen LogP contribution in [-0.2, 0) is 0 Å². The summed E-state index contributed by atoms with van der Waals surface area (Å²) in [5.74, 6) is -0.107. The third-order valence-corrected chi connectivity index (χ3v) is 5.94. The molecule has 0 saturated heterocycles. The fourth-order valence-corrected chi connectivity index (χ4v) is 4.34. The van der Waals surface area contributed by atoms with E-state index < -0.39 is 0 Å². The number of pyridine rings is 1. The monoisotopic (exact) mass is 370 g/mol. The van der Waals surface area contributed by atoms with E-state index in [1.165, 1.54) is 11.3 Å². The molecule has 3 nitrogen and oxygen atoms in total. The summed E-state index contributed by atoms with van der Waals surface area (Å²) in [5, 5.41) is 3.43. The number of halogens is 1. The van der Waals surface area contributed by atoms with Crippen LogP contribution in [0.15, 0.2) is 53.9 Å². The molecule has 0 unspecified atom stereocenters. The molecule has 0 bridgehead atoms. The van der Waals surface area contributed by atoms with Crippen molar-refractivity contribution in [1.29, 1.82) is 0 Å². The number of carbonyl (C=O) groups excluding carboxylic acids is 1. The molecule has 0 aliphatic carbocycles. The van der Waals surface area contributed by atoms with Crippen LogP contribution < -0.4 is 5.73 Å². The number of nitrogens with zero attached hydrogens (tertiary/aromatic N) is 1. The van der Waals surface area contributed by atoms with Crippen LogP contribution in [0.2, 0.25) is 5.02 Å². The Balaban J connectivity index is 1.80. The number of fused-ring (bicyclic) bond motifs is 1. The first-order valence-electron chi connectivity index (χ1n) is 7.16. The van der Waals surface area contributed by atoms with Crippen molar-refractivity contribution in [3.05, 3.63) is 69.4 Å². The van der Waals surface area contributed by atoms with E-state index in [1.54, 1.807) is 35.6 Å². The summed E-state index contributed by atoms with van der Waals surface area (Å²) >= 11 is 8.84. The maximum atomic E-state index is 12.7. The second-order valence-corrected chi connectivity index (χ2v) is 7.59. The van der Waals surface area contributed by atoms with E-state index in [4.69, 9.17) is 17.3 Å². The number of aromatic nitrogens is 1. The van der Waals surface area contributed by atoms with Crippen molar-refractivity contribution in [2.75, 3.05) is 5.73 Å². The predicted octanol–water partition coefficient (Wildman–Crippen LogP) is 5.49. The highest BCUT2D eigenvalue weighted by Gasteiger charge is 2.19. The first-order chi connectivity index (χ1) is 11.6. The molecule has 0 spiro atoms. The van der Waals surface area contributed by atoms with Crippen LogP contribution in [-0.4, -0.2) is 10.8 Å². The predicted molar refractivity (Wildman–Crippen MR) is 102 cm³/mol. The zero-order valence-corrected chi connectivity index (χ0v) is 14.7. The molecular weight excluding hydrogens is 360 g/mol. The Morgan fingerprint density at radius 3 is 2.58 bits per heavy atom.